The molecular formula is C14H20O3. The van der Waals surface area contributed by atoms with Crippen LogP contribution in [0, 0.1) is 0 Å². The van der Waals surface area contributed by atoms with E-state index in [4.69, 9.17) is 9.47 Å². The van der Waals surface area contributed by atoms with Crippen molar-refractivity contribution in [1.82, 2.24) is 0 Å². The molecule has 17 heavy (non-hydrogen) atoms. The van der Waals surface area contributed by atoms with Crippen molar-refractivity contribution in [2.45, 2.75) is 46.0 Å². The van der Waals surface area contributed by atoms with E-state index in [-0.39, 0.29) is 5.97 Å². The average Bonchev–Trinajstić information content (AvgIpc) is 2.25. The molecule has 0 saturated heterocycles. The van der Waals surface area contributed by atoms with Crippen LogP contribution in [0.25, 0.3) is 0 Å². The maximum atomic E-state index is 11.6. The number of carbonyl (C=O) groups excluding carboxylic acids is 1. The van der Waals surface area contributed by atoms with Crippen molar-refractivity contribution >= 4 is 5.97 Å². The molecule has 1 unspecified atom stereocenters. The lowest BCUT2D eigenvalue weighted by Crippen LogP contribution is -2.31. The van der Waals surface area contributed by atoms with Gasteiger partial charge in [0.05, 0.1) is 6.61 Å². The van der Waals surface area contributed by atoms with Crippen molar-refractivity contribution in [2.75, 3.05) is 0 Å². The van der Waals surface area contributed by atoms with E-state index in [1.54, 1.807) is 6.92 Å². The van der Waals surface area contributed by atoms with Gasteiger partial charge in [-0.1, -0.05) is 30.3 Å². The lowest BCUT2D eigenvalue weighted by Gasteiger charge is -2.22. The topological polar surface area (TPSA) is 35.5 Å². The molecule has 0 aliphatic rings. The Labute approximate surface area is 103 Å². The van der Waals surface area contributed by atoms with E-state index in [1.807, 2.05) is 51.1 Å². The lowest BCUT2D eigenvalue weighted by atomic mass is 10.2. The summed E-state index contributed by atoms with van der Waals surface area (Å²) in [6.45, 7) is 7.65. The third kappa shape index (κ3) is 5.50. The smallest absolute Gasteiger partial charge is 0.335 e. The van der Waals surface area contributed by atoms with Crippen LogP contribution < -0.4 is 0 Å². The summed E-state index contributed by atoms with van der Waals surface area (Å²) in [6, 6.07) is 9.75. The molecule has 0 aromatic heterocycles. The number of carbonyl (C=O) groups is 1. The average molecular weight is 236 g/mol. The first kappa shape index (κ1) is 13.7. The minimum Gasteiger partial charge on any atom is -0.458 e. The van der Waals surface area contributed by atoms with Gasteiger partial charge in [0.25, 0.3) is 0 Å². The molecule has 0 bridgehead atoms. The highest BCUT2D eigenvalue weighted by molar-refractivity contribution is 5.74. The number of rotatable bonds is 4. The second-order valence-corrected chi connectivity index (χ2v) is 4.97. The van der Waals surface area contributed by atoms with Crippen LogP contribution in [0.15, 0.2) is 30.3 Å². The van der Waals surface area contributed by atoms with Gasteiger partial charge in [-0.2, -0.15) is 0 Å². The Morgan fingerprint density at radius 2 is 1.82 bits per heavy atom. The van der Waals surface area contributed by atoms with Gasteiger partial charge in [0.2, 0.25) is 0 Å². The maximum absolute atomic E-state index is 11.6. The molecular weight excluding hydrogens is 216 g/mol. The summed E-state index contributed by atoms with van der Waals surface area (Å²) < 4.78 is 10.7. The van der Waals surface area contributed by atoms with E-state index >= 15 is 0 Å². The molecule has 0 radical (unpaired) electrons. The van der Waals surface area contributed by atoms with E-state index in [0.717, 1.165) is 5.56 Å². The SMILES string of the molecule is CC(OCc1ccccc1)C(=O)OC(C)(C)C. The zero-order valence-corrected chi connectivity index (χ0v) is 10.9. The third-order valence-corrected chi connectivity index (χ3v) is 2.08. The molecule has 0 spiro atoms. The Kier molecular flexibility index (Phi) is 4.70. The molecule has 0 fully saturated rings. The van der Waals surface area contributed by atoms with E-state index in [2.05, 4.69) is 0 Å². The summed E-state index contributed by atoms with van der Waals surface area (Å²) in [5, 5.41) is 0. The van der Waals surface area contributed by atoms with E-state index in [0.29, 0.717) is 6.61 Å². The first-order valence-corrected chi connectivity index (χ1v) is 5.77. The predicted molar refractivity (Wildman–Crippen MR) is 66.5 cm³/mol. The molecule has 0 N–H and O–H groups in total. The van der Waals surface area contributed by atoms with Gasteiger partial charge in [0, 0.05) is 0 Å². The molecule has 94 valence electrons. The molecule has 1 rings (SSSR count). The van der Waals surface area contributed by atoms with Crippen molar-refractivity contribution in [1.29, 1.82) is 0 Å². The summed E-state index contributed by atoms with van der Waals surface area (Å²) in [7, 11) is 0. The third-order valence-electron chi connectivity index (χ3n) is 2.08. The molecule has 0 amide bonds. The van der Waals surface area contributed by atoms with Gasteiger partial charge in [-0.15, -0.1) is 0 Å². The van der Waals surface area contributed by atoms with Gasteiger partial charge in [-0.25, -0.2) is 4.79 Å². The van der Waals surface area contributed by atoms with Gasteiger partial charge in [0.1, 0.15) is 5.60 Å². The quantitative estimate of drug-likeness (QED) is 0.754. The fraction of sp³-hybridized carbons (Fsp3) is 0.500. The Bertz CT molecular complexity index is 351. The zero-order valence-electron chi connectivity index (χ0n) is 10.9. The Balaban J connectivity index is 2.40. The second-order valence-electron chi connectivity index (χ2n) is 4.97. The summed E-state index contributed by atoms with van der Waals surface area (Å²) >= 11 is 0. The van der Waals surface area contributed by atoms with Gasteiger partial charge in [-0.05, 0) is 33.3 Å². The number of hydrogen-bond acceptors (Lipinski definition) is 3. The highest BCUT2D eigenvalue weighted by Gasteiger charge is 2.21. The number of benzene rings is 1. The summed E-state index contributed by atoms with van der Waals surface area (Å²) in [4.78, 5) is 11.6. The van der Waals surface area contributed by atoms with Crippen LogP contribution in [0.1, 0.15) is 33.3 Å². The number of ether oxygens (including phenoxy) is 2. The fourth-order valence-corrected chi connectivity index (χ4v) is 1.25. The van der Waals surface area contributed by atoms with Crippen LogP contribution in [0.3, 0.4) is 0 Å². The van der Waals surface area contributed by atoms with Gasteiger partial charge in [-0.3, -0.25) is 0 Å². The predicted octanol–water partition coefficient (Wildman–Crippen LogP) is 2.93. The highest BCUT2D eigenvalue weighted by Crippen LogP contribution is 2.11. The highest BCUT2D eigenvalue weighted by atomic mass is 16.6. The Hall–Kier alpha value is -1.35. The summed E-state index contributed by atoms with van der Waals surface area (Å²) in [5.74, 6) is -0.326. The van der Waals surface area contributed by atoms with Crippen molar-refractivity contribution < 1.29 is 14.3 Å². The summed E-state index contributed by atoms with van der Waals surface area (Å²) in [6.07, 6.45) is -0.547. The van der Waals surface area contributed by atoms with Crippen LogP contribution in [0.2, 0.25) is 0 Å². The molecule has 0 saturated carbocycles. The van der Waals surface area contributed by atoms with Crippen LogP contribution in [-0.4, -0.2) is 17.7 Å². The molecule has 0 aliphatic carbocycles. The monoisotopic (exact) mass is 236 g/mol. The van der Waals surface area contributed by atoms with E-state index in [1.165, 1.54) is 0 Å². The van der Waals surface area contributed by atoms with E-state index in [9.17, 15) is 4.79 Å². The Morgan fingerprint density at radius 1 is 1.24 bits per heavy atom. The van der Waals surface area contributed by atoms with Crippen LogP contribution in [0.5, 0.6) is 0 Å². The van der Waals surface area contributed by atoms with Gasteiger partial charge >= 0.3 is 5.97 Å². The second kappa shape index (κ2) is 5.82. The minimum absolute atomic E-state index is 0.326. The lowest BCUT2D eigenvalue weighted by molar-refractivity contribution is -0.168. The summed E-state index contributed by atoms with van der Waals surface area (Å²) in [5.41, 5.74) is 0.574. The van der Waals surface area contributed by atoms with Gasteiger partial charge in [0.15, 0.2) is 6.10 Å². The van der Waals surface area contributed by atoms with Crippen molar-refractivity contribution in [3.05, 3.63) is 35.9 Å². The fourth-order valence-electron chi connectivity index (χ4n) is 1.25. The standard InChI is InChI=1S/C14H20O3/c1-11(13(15)17-14(2,3)4)16-10-12-8-6-5-7-9-12/h5-9,11H,10H2,1-4H3. The maximum Gasteiger partial charge on any atom is 0.335 e. The van der Waals surface area contributed by atoms with Crippen LogP contribution in [0.4, 0.5) is 0 Å². The minimum atomic E-state index is -0.547. The van der Waals surface area contributed by atoms with Crippen molar-refractivity contribution in [3.63, 3.8) is 0 Å². The molecule has 0 heterocycles. The molecule has 1 aromatic carbocycles. The van der Waals surface area contributed by atoms with Crippen LogP contribution in [-0.2, 0) is 20.9 Å². The number of hydrogen-bond donors (Lipinski definition) is 0. The normalized spacial score (nSPS) is 13.2. The Morgan fingerprint density at radius 3 is 2.35 bits per heavy atom. The molecule has 3 heteroatoms. The zero-order chi connectivity index (χ0) is 12.9. The van der Waals surface area contributed by atoms with E-state index < -0.39 is 11.7 Å². The number of esters is 1. The molecule has 0 aliphatic heterocycles. The molecule has 3 nitrogen and oxygen atoms in total. The van der Waals surface area contributed by atoms with Crippen molar-refractivity contribution in [3.8, 4) is 0 Å². The van der Waals surface area contributed by atoms with Gasteiger partial charge < -0.3 is 9.47 Å². The van der Waals surface area contributed by atoms with Crippen LogP contribution >= 0.6 is 0 Å². The van der Waals surface area contributed by atoms with Crippen molar-refractivity contribution in [2.24, 2.45) is 0 Å². The largest absolute Gasteiger partial charge is 0.458 e. The first-order valence-electron chi connectivity index (χ1n) is 5.77. The molecule has 1 aromatic rings. The first-order chi connectivity index (χ1) is 7.88. The molecule has 1 atom stereocenters.